The van der Waals surface area contributed by atoms with E-state index in [9.17, 15) is 4.39 Å². The first-order valence-corrected chi connectivity index (χ1v) is 5.83. The summed E-state index contributed by atoms with van der Waals surface area (Å²) in [4.78, 5) is 0. The Balaban J connectivity index is 0.000000191. The number of hydrogen-bond donors (Lipinski definition) is 0. The zero-order chi connectivity index (χ0) is 14.3. The molecule has 0 radical (unpaired) electrons. The number of hydrogen-bond acceptors (Lipinski definition) is 0. The highest BCUT2D eigenvalue weighted by Crippen LogP contribution is 2.07. The molecule has 0 unspecified atom stereocenters. The van der Waals surface area contributed by atoms with Gasteiger partial charge in [0, 0.05) is 5.56 Å². The van der Waals surface area contributed by atoms with Gasteiger partial charge in [0.15, 0.2) is 0 Å². The molecular weight excluding hydrogens is 235 g/mol. The summed E-state index contributed by atoms with van der Waals surface area (Å²) < 4.78 is 12.6. The predicted molar refractivity (Wildman–Crippen MR) is 78.2 cm³/mol. The van der Waals surface area contributed by atoms with Crippen molar-refractivity contribution in [1.82, 2.24) is 0 Å². The van der Waals surface area contributed by atoms with Crippen molar-refractivity contribution in [3.63, 3.8) is 0 Å². The molecule has 94 valence electrons. The van der Waals surface area contributed by atoms with Crippen LogP contribution in [0.4, 0.5) is 4.39 Å². The van der Waals surface area contributed by atoms with E-state index in [0.717, 1.165) is 11.1 Å². The third kappa shape index (κ3) is 4.70. The van der Waals surface area contributed by atoms with Gasteiger partial charge in [-0.1, -0.05) is 30.0 Å². The van der Waals surface area contributed by atoms with Gasteiger partial charge < -0.3 is 0 Å². The van der Waals surface area contributed by atoms with E-state index in [1.807, 2.05) is 38.1 Å². The van der Waals surface area contributed by atoms with Gasteiger partial charge in [-0.05, 0) is 49.2 Å². The molecule has 0 aliphatic heterocycles. The van der Waals surface area contributed by atoms with E-state index in [1.54, 1.807) is 12.1 Å². The van der Waals surface area contributed by atoms with Crippen LogP contribution in [0.3, 0.4) is 0 Å². The second kappa shape index (κ2) is 7.04. The van der Waals surface area contributed by atoms with Crippen LogP contribution in [-0.4, -0.2) is 0 Å². The van der Waals surface area contributed by atoms with Gasteiger partial charge in [0.25, 0.3) is 0 Å². The summed E-state index contributed by atoms with van der Waals surface area (Å²) in [7, 11) is 0. The van der Waals surface area contributed by atoms with Crippen molar-refractivity contribution in [2.24, 2.45) is 0 Å². The monoisotopic (exact) mass is 250 g/mol. The number of terminal acetylenes is 2. The molecule has 2 aromatic carbocycles. The molecule has 0 amide bonds. The van der Waals surface area contributed by atoms with Crippen molar-refractivity contribution >= 4 is 0 Å². The van der Waals surface area contributed by atoms with Gasteiger partial charge in [-0.2, -0.15) is 0 Å². The summed E-state index contributed by atoms with van der Waals surface area (Å²) in [5.41, 5.74) is 3.48. The van der Waals surface area contributed by atoms with Gasteiger partial charge in [-0.25, -0.2) is 4.39 Å². The Morgan fingerprint density at radius 1 is 0.895 bits per heavy atom. The molecule has 0 atom stereocenters. The molecule has 19 heavy (non-hydrogen) atoms. The molecule has 2 aromatic rings. The van der Waals surface area contributed by atoms with Gasteiger partial charge in [0.2, 0.25) is 0 Å². The number of rotatable bonds is 0. The molecule has 2 rings (SSSR count). The summed E-state index contributed by atoms with van der Waals surface area (Å²) in [6.45, 7) is 3.90. The largest absolute Gasteiger partial charge is 0.206 e. The fourth-order valence-corrected chi connectivity index (χ4v) is 1.48. The Morgan fingerprint density at radius 3 is 2.05 bits per heavy atom. The van der Waals surface area contributed by atoms with Gasteiger partial charge >= 0.3 is 0 Å². The molecule has 0 bridgehead atoms. The van der Waals surface area contributed by atoms with Crippen LogP contribution in [0, 0.1) is 44.4 Å². The maximum Gasteiger partial charge on any atom is 0.138 e. The molecule has 0 heterocycles. The summed E-state index contributed by atoms with van der Waals surface area (Å²) in [5.74, 6) is 4.50. The molecule has 0 spiro atoms. The van der Waals surface area contributed by atoms with E-state index >= 15 is 0 Å². The zero-order valence-electron chi connectivity index (χ0n) is 11.1. The van der Waals surface area contributed by atoms with Gasteiger partial charge in [-0.3, -0.25) is 0 Å². The highest BCUT2D eigenvalue weighted by molar-refractivity contribution is 5.36. The van der Waals surface area contributed by atoms with Crippen molar-refractivity contribution in [1.29, 1.82) is 0 Å². The van der Waals surface area contributed by atoms with Crippen molar-refractivity contribution < 1.29 is 4.39 Å². The SMILES string of the molecule is C#Cc1cc(C)ccc1F.C#Cc1cccc(C)c1. The maximum absolute atomic E-state index is 12.6. The third-order valence-corrected chi connectivity index (χ3v) is 2.46. The number of benzene rings is 2. The first-order chi connectivity index (χ1) is 9.06. The summed E-state index contributed by atoms with van der Waals surface area (Å²) in [6.07, 6.45) is 10.2. The highest BCUT2D eigenvalue weighted by atomic mass is 19.1. The minimum atomic E-state index is -0.326. The summed E-state index contributed by atoms with van der Waals surface area (Å²) >= 11 is 0. The van der Waals surface area contributed by atoms with E-state index in [0.29, 0.717) is 5.56 Å². The van der Waals surface area contributed by atoms with E-state index < -0.39 is 0 Å². The molecule has 0 saturated carbocycles. The number of halogens is 1. The molecule has 0 aliphatic carbocycles. The summed E-state index contributed by atoms with van der Waals surface area (Å²) in [5, 5.41) is 0. The lowest BCUT2D eigenvalue weighted by Crippen LogP contribution is -1.83. The van der Waals surface area contributed by atoms with Crippen molar-refractivity contribution in [3.05, 3.63) is 70.5 Å². The lowest BCUT2D eigenvalue weighted by atomic mass is 10.1. The van der Waals surface area contributed by atoms with Gasteiger partial charge in [-0.15, -0.1) is 12.8 Å². The minimum absolute atomic E-state index is 0.326. The van der Waals surface area contributed by atoms with Gasteiger partial charge in [0.1, 0.15) is 5.82 Å². The molecule has 0 nitrogen and oxygen atoms in total. The quantitative estimate of drug-likeness (QED) is 0.618. The molecule has 0 aliphatic rings. The average Bonchev–Trinajstić information content (AvgIpc) is 2.42. The van der Waals surface area contributed by atoms with Crippen LogP contribution < -0.4 is 0 Å². The van der Waals surface area contributed by atoms with Gasteiger partial charge in [0.05, 0.1) is 5.56 Å². The molecule has 0 aromatic heterocycles. The lowest BCUT2D eigenvalue weighted by molar-refractivity contribution is 0.624. The lowest BCUT2D eigenvalue weighted by Gasteiger charge is -1.94. The molecular formula is C18H15F. The van der Waals surface area contributed by atoms with Crippen LogP contribution in [0.25, 0.3) is 0 Å². The predicted octanol–water partition coefficient (Wildman–Crippen LogP) is 4.09. The van der Waals surface area contributed by atoms with E-state index in [1.165, 1.54) is 11.6 Å². The van der Waals surface area contributed by atoms with E-state index in [2.05, 4.69) is 11.8 Å². The average molecular weight is 250 g/mol. The Kier molecular flexibility index (Phi) is 5.39. The Bertz CT molecular complexity index is 639. The molecule has 0 saturated heterocycles. The van der Waals surface area contributed by atoms with Crippen LogP contribution in [0.5, 0.6) is 0 Å². The normalized spacial score (nSPS) is 8.68. The highest BCUT2D eigenvalue weighted by Gasteiger charge is 1.96. The zero-order valence-corrected chi connectivity index (χ0v) is 11.1. The first-order valence-electron chi connectivity index (χ1n) is 5.83. The van der Waals surface area contributed by atoms with Crippen LogP contribution >= 0.6 is 0 Å². The van der Waals surface area contributed by atoms with Crippen LogP contribution in [0.15, 0.2) is 42.5 Å². The fraction of sp³-hybridized carbons (Fsp3) is 0.111. The van der Waals surface area contributed by atoms with Crippen molar-refractivity contribution in [2.75, 3.05) is 0 Å². The number of aryl methyl sites for hydroxylation is 2. The Labute approximate surface area is 114 Å². The van der Waals surface area contributed by atoms with Crippen molar-refractivity contribution in [3.8, 4) is 24.7 Å². The second-order valence-corrected chi connectivity index (χ2v) is 4.14. The maximum atomic E-state index is 12.6. The van der Waals surface area contributed by atoms with E-state index in [4.69, 9.17) is 12.8 Å². The molecule has 0 fully saturated rings. The fourth-order valence-electron chi connectivity index (χ4n) is 1.48. The third-order valence-electron chi connectivity index (χ3n) is 2.46. The Morgan fingerprint density at radius 2 is 1.58 bits per heavy atom. The first kappa shape index (κ1) is 14.6. The van der Waals surface area contributed by atoms with Crippen LogP contribution in [0.1, 0.15) is 22.3 Å². The standard InChI is InChI=1S/C9H7F.C9H8/c1-3-8-6-7(2)4-5-9(8)10;1-3-9-6-4-5-8(2)7-9/h1,4-6H,2H3;1,4-7H,2H3. The molecule has 1 heteroatoms. The van der Waals surface area contributed by atoms with E-state index in [-0.39, 0.29) is 5.82 Å². The molecule has 0 N–H and O–H groups in total. The van der Waals surface area contributed by atoms with Crippen LogP contribution in [0.2, 0.25) is 0 Å². The van der Waals surface area contributed by atoms with Crippen LogP contribution in [-0.2, 0) is 0 Å². The van der Waals surface area contributed by atoms with Crippen molar-refractivity contribution in [2.45, 2.75) is 13.8 Å². The second-order valence-electron chi connectivity index (χ2n) is 4.14. The Hall–Kier alpha value is -2.51. The topological polar surface area (TPSA) is 0 Å². The smallest absolute Gasteiger partial charge is 0.138 e. The minimum Gasteiger partial charge on any atom is -0.206 e. The summed E-state index contributed by atoms with van der Waals surface area (Å²) in [6, 6.07) is 12.6.